The summed E-state index contributed by atoms with van der Waals surface area (Å²) in [5.74, 6) is -1.20. The fraction of sp³-hybridized carbons (Fsp3) is 0.500. The number of hydrogen-bond donors (Lipinski definition) is 2. The number of amides is 2. The highest BCUT2D eigenvalue weighted by Crippen LogP contribution is 2.29. The number of aromatic amines is 1. The molecule has 0 unspecified atom stereocenters. The van der Waals surface area contributed by atoms with Crippen LogP contribution in [0.25, 0.3) is 10.9 Å². The van der Waals surface area contributed by atoms with Crippen LogP contribution < -0.4 is 5.32 Å². The van der Waals surface area contributed by atoms with Gasteiger partial charge >= 0.3 is 5.97 Å². The van der Waals surface area contributed by atoms with Crippen molar-refractivity contribution in [1.82, 2.24) is 15.2 Å². The molecule has 2 aliphatic rings. The van der Waals surface area contributed by atoms with E-state index in [-0.39, 0.29) is 30.9 Å². The van der Waals surface area contributed by atoms with E-state index in [2.05, 4.69) is 10.3 Å². The molecule has 2 N–H and O–H groups in total. The molecule has 2 fully saturated rings. The highest BCUT2D eigenvalue weighted by Gasteiger charge is 2.39. The van der Waals surface area contributed by atoms with Gasteiger partial charge in [0, 0.05) is 42.7 Å². The maximum absolute atomic E-state index is 12.3. The standard InChI is InChI=1S/C22H27N3O4/c26-20(23-10-9-15-12-24-19-8-4-3-7-18(15)19)14-29-22(28)16-11-21(27)25(13-16)17-5-1-2-6-17/h3-4,7-8,12,16-17,24H,1-2,5-6,9-11,13-14H2,(H,23,26)/t16-/m0/s1. The van der Waals surface area contributed by atoms with Crippen LogP contribution in [-0.4, -0.2) is 53.4 Å². The van der Waals surface area contributed by atoms with Gasteiger partial charge in [-0.1, -0.05) is 31.0 Å². The fourth-order valence-electron chi connectivity index (χ4n) is 4.44. The highest BCUT2D eigenvalue weighted by molar-refractivity contribution is 5.88. The molecule has 7 heteroatoms. The molecular formula is C22H27N3O4. The maximum atomic E-state index is 12.3. The number of ether oxygens (including phenoxy) is 1. The number of rotatable bonds is 7. The second-order valence-corrected chi connectivity index (χ2v) is 7.95. The first kappa shape index (κ1) is 19.5. The fourth-order valence-corrected chi connectivity index (χ4v) is 4.44. The van der Waals surface area contributed by atoms with Crippen LogP contribution in [0.5, 0.6) is 0 Å². The zero-order valence-corrected chi connectivity index (χ0v) is 16.5. The second kappa shape index (κ2) is 8.68. The predicted molar refractivity (Wildman–Crippen MR) is 108 cm³/mol. The summed E-state index contributed by atoms with van der Waals surface area (Å²) in [6.07, 6.45) is 7.15. The molecule has 29 heavy (non-hydrogen) atoms. The Kier molecular flexibility index (Phi) is 5.83. The molecule has 1 aromatic heterocycles. The van der Waals surface area contributed by atoms with Crippen molar-refractivity contribution in [2.75, 3.05) is 19.7 Å². The van der Waals surface area contributed by atoms with Gasteiger partial charge in [-0.2, -0.15) is 0 Å². The van der Waals surface area contributed by atoms with Crippen LogP contribution in [0, 0.1) is 5.92 Å². The van der Waals surface area contributed by atoms with Gasteiger partial charge in [-0.05, 0) is 30.9 Å². The van der Waals surface area contributed by atoms with E-state index in [1.54, 1.807) is 0 Å². The highest BCUT2D eigenvalue weighted by atomic mass is 16.5. The molecule has 1 atom stereocenters. The molecule has 0 radical (unpaired) electrons. The Hall–Kier alpha value is -2.83. The van der Waals surface area contributed by atoms with Crippen LogP contribution >= 0.6 is 0 Å². The third kappa shape index (κ3) is 4.44. The number of hydrogen-bond acceptors (Lipinski definition) is 4. The lowest BCUT2D eigenvalue weighted by molar-refractivity contribution is -0.152. The molecule has 2 heterocycles. The number of esters is 1. The Balaban J connectivity index is 1.18. The SMILES string of the molecule is O=C(COC(=O)[C@H]1CC(=O)N(C2CCCC2)C1)NCCc1c[nH]c2ccccc12. The van der Waals surface area contributed by atoms with Crippen LogP contribution in [0.3, 0.4) is 0 Å². The van der Waals surface area contributed by atoms with E-state index < -0.39 is 11.9 Å². The molecule has 2 aromatic rings. The van der Waals surface area contributed by atoms with Crippen LogP contribution in [0.2, 0.25) is 0 Å². The largest absolute Gasteiger partial charge is 0.455 e. The summed E-state index contributed by atoms with van der Waals surface area (Å²) < 4.78 is 5.17. The lowest BCUT2D eigenvalue weighted by Gasteiger charge is -2.23. The minimum atomic E-state index is -0.456. The van der Waals surface area contributed by atoms with Gasteiger partial charge in [-0.15, -0.1) is 0 Å². The summed E-state index contributed by atoms with van der Waals surface area (Å²) in [5.41, 5.74) is 2.20. The van der Waals surface area contributed by atoms with Gasteiger partial charge < -0.3 is 19.9 Å². The summed E-state index contributed by atoms with van der Waals surface area (Å²) in [4.78, 5) is 41.5. The number of carbonyl (C=O) groups excluding carboxylic acids is 3. The zero-order valence-electron chi connectivity index (χ0n) is 16.5. The van der Waals surface area contributed by atoms with E-state index in [9.17, 15) is 14.4 Å². The minimum absolute atomic E-state index is 0.0297. The Morgan fingerprint density at radius 1 is 1.21 bits per heavy atom. The van der Waals surface area contributed by atoms with Crippen molar-refractivity contribution in [3.05, 3.63) is 36.0 Å². The topological polar surface area (TPSA) is 91.5 Å². The second-order valence-electron chi connectivity index (χ2n) is 7.95. The van der Waals surface area contributed by atoms with Gasteiger partial charge in [0.05, 0.1) is 5.92 Å². The molecule has 2 amide bonds. The Morgan fingerprint density at radius 3 is 2.83 bits per heavy atom. The van der Waals surface area contributed by atoms with Gasteiger partial charge in [0.2, 0.25) is 5.91 Å². The molecule has 1 saturated heterocycles. The molecule has 0 bridgehead atoms. The van der Waals surface area contributed by atoms with E-state index in [1.807, 2.05) is 35.4 Å². The lowest BCUT2D eigenvalue weighted by atomic mass is 10.1. The van der Waals surface area contributed by atoms with Crippen molar-refractivity contribution in [3.8, 4) is 0 Å². The summed E-state index contributed by atoms with van der Waals surface area (Å²) in [6, 6.07) is 8.29. The van der Waals surface area contributed by atoms with E-state index in [1.165, 1.54) is 0 Å². The van der Waals surface area contributed by atoms with E-state index in [0.717, 1.165) is 42.1 Å². The van der Waals surface area contributed by atoms with Gasteiger partial charge in [-0.25, -0.2) is 0 Å². The van der Waals surface area contributed by atoms with Crippen LogP contribution in [0.4, 0.5) is 0 Å². The van der Waals surface area contributed by atoms with Crippen molar-refractivity contribution >= 4 is 28.7 Å². The number of aromatic nitrogens is 1. The first-order valence-corrected chi connectivity index (χ1v) is 10.4. The number of benzene rings is 1. The van der Waals surface area contributed by atoms with E-state index >= 15 is 0 Å². The number of H-pyrrole nitrogens is 1. The van der Waals surface area contributed by atoms with Crippen LogP contribution in [0.1, 0.15) is 37.7 Å². The number of nitrogens with zero attached hydrogens (tertiary/aromatic N) is 1. The van der Waals surface area contributed by atoms with Gasteiger partial charge in [0.1, 0.15) is 0 Å². The summed E-state index contributed by atoms with van der Waals surface area (Å²) >= 11 is 0. The number of carbonyl (C=O) groups is 3. The average molecular weight is 397 g/mol. The molecule has 4 rings (SSSR count). The van der Waals surface area contributed by atoms with Crippen molar-refractivity contribution in [1.29, 1.82) is 0 Å². The van der Waals surface area contributed by atoms with Crippen LogP contribution in [-0.2, 0) is 25.5 Å². The van der Waals surface area contributed by atoms with Crippen LogP contribution in [0.15, 0.2) is 30.5 Å². The molecule has 7 nitrogen and oxygen atoms in total. The summed E-state index contributed by atoms with van der Waals surface area (Å²) in [5, 5.41) is 3.93. The molecule has 1 aromatic carbocycles. The number of nitrogens with one attached hydrogen (secondary N) is 2. The zero-order chi connectivity index (χ0) is 20.2. The lowest BCUT2D eigenvalue weighted by Crippen LogP contribution is -2.35. The Bertz CT molecular complexity index is 900. The van der Waals surface area contributed by atoms with E-state index in [4.69, 9.17) is 4.74 Å². The van der Waals surface area contributed by atoms with Crippen molar-refractivity contribution < 1.29 is 19.1 Å². The Morgan fingerprint density at radius 2 is 2.00 bits per heavy atom. The summed E-state index contributed by atoms with van der Waals surface area (Å²) in [7, 11) is 0. The molecule has 1 aliphatic heterocycles. The number of fused-ring (bicyclic) bond motifs is 1. The normalized spacial score (nSPS) is 19.8. The monoisotopic (exact) mass is 397 g/mol. The average Bonchev–Trinajstić information content (AvgIpc) is 3.46. The third-order valence-corrected chi connectivity index (χ3v) is 5.99. The molecule has 0 spiro atoms. The molecule has 1 aliphatic carbocycles. The number of para-hydroxylation sites is 1. The van der Waals surface area contributed by atoms with Gasteiger partial charge in [-0.3, -0.25) is 14.4 Å². The first-order chi connectivity index (χ1) is 14.1. The van der Waals surface area contributed by atoms with Gasteiger partial charge in [0.15, 0.2) is 6.61 Å². The first-order valence-electron chi connectivity index (χ1n) is 10.4. The smallest absolute Gasteiger partial charge is 0.311 e. The quantitative estimate of drug-likeness (QED) is 0.701. The van der Waals surface area contributed by atoms with Crippen molar-refractivity contribution in [3.63, 3.8) is 0 Å². The molecular weight excluding hydrogens is 370 g/mol. The van der Waals surface area contributed by atoms with Crippen molar-refractivity contribution in [2.45, 2.75) is 44.6 Å². The minimum Gasteiger partial charge on any atom is -0.455 e. The summed E-state index contributed by atoms with van der Waals surface area (Å²) in [6.45, 7) is 0.584. The predicted octanol–water partition coefficient (Wildman–Crippen LogP) is 2.16. The molecule has 1 saturated carbocycles. The van der Waals surface area contributed by atoms with Gasteiger partial charge in [0.25, 0.3) is 5.91 Å². The number of likely N-dealkylation sites (tertiary alicyclic amines) is 1. The maximum Gasteiger partial charge on any atom is 0.311 e. The third-order valence-electron chi connectivity index (χ3n) is 5.99. The van der Waals surface area contributed by atoms with E-state index in [0.29, 0.717) is 19.5 Å². The Labute approximate surface area is 169 Å². The van der Waals surface area contributed by atoms with Crippen molar-refractivity contribution in [2.24, 2.45) is 5.92 Å². The molecule has 154 valence electrons.